The highest BCUT2D eigenvalue weighted by Crippen LogP contribution is 2.18. The van der Waals surface area contributed by atoms with Gasteiger partial charge in [0.25, 0.3) is 5.95 Å². The van der Waals surface area contributed by atoms with Crippen LogP contribution < -0.4 is 21.3 Å². The highest BCUT2D eigenvalue weighted by molar-refractivity contribution is 7.99. The van der Waals surface area contributed by atoms with Crippen molar-refractivity contribution in [2.24, 2.45) is 5.10 Å². The molecule has 0 unspecified atom stereocenters. The first-order chi connectivity index (χ1) is 13.7. The van der Waals surface area contributed by atoms with Crippen LogP contribution in [0.2, 0.25) is 0 Å². The van der Waals surface area contributed by atoms with Gasteiger partial charge < -0.3 is 15.9 Å². The van der Waals surface area contributed by atoms with Crippen LogP contribution in [0, 0.1) is 0 Å². The second-order valence-electron chi connectivity index (χ2n) is 5.34. The fourth-order valence-electron chi connectivity index (χ4n) is 2.13. The topological polar surface area (TPSA) is 132 Å². The van der Waals surface area contributed by atoms with Crippen LogP contribution in [0.15, 0.2) is 58.9 Å². The quantitative estimate of drug-likeness (QED) is 0.225. The van der Waals surface area contributed by atoms with E-state index >= 15 is 0 Å². The summed E-state index contributed by atoms with van der Waals surface area (Å²) in [4.78, 5) is 16.0. The van der Waals surface area contributed by atoms with Crippen molar-refractivity contribution in [1.82, 2.24) is 19.9 Å². The first-order valence-electron chi connectivity index (χ1n) is 8.13. The molecule has 28 heavy (non-hydrogen) atoms. The first-order valence-corrected chi connectivity index (χ1v) is 9.12. The molecule has 0 saturated carbocycles. The second kappa shape index (κ2) is 9.37. The Kier molecular flexibility index (Phi) is 6.41. The lowest BCUT2D eigenvalue weighted by molar-refractivity contribution is -0.113. The smallest absolute Gasteiger partial charge is 0.264 e. The molecule has 1 aromatic carbocycles. The number of nitrogen functional groups attached to an aromatic ring is 1. The summed E-state index contributed by atoms with van der Waals surface area (Å²) in [5, 5.41) is 15.0. The highest BCUT2D eigenvalue weighted by atomic mass is 32.2. The van der Waals surface area contributed by atoms with Gasteiger partial charge in [-0.05, 0) is 24.3 Å². The maximum atomic E-state index is 12.0. The predicted molar refractivity (Wildman–Crippen MR) is 108 cm³/mol. The van der Waals surface area contributed by atoms with E-state index in [1.807, 2.05) is 24.3 Å². The number of hydrogen-bond acceptors (Lipinski definition) is 9. The zero-order valence-electron chi connectivity index (χ0n) is 14.9. The Bertz CT molecular complexity index is 961. The molecule has 10 nitrogen and oxygen atoms in total. The van der Waals surface area contributed by atoms with Crippen molar-refractivity contribution in [3.8, 4) is 5.75 Å². The number of methoxy groups -OCH3 is 1. The minimum atomic E-state index is -0.226. The number of pyridine rings is 1. The number of anilines is 2. The molecule has 0 aliphatic carbocycles. The van der Waals surface area contributed by atoms with Gasteiger partial charge >= 0.3 is 0 Å². The van der Waals surface area contributed by atoms with Gasteiger partial charge in [0.1, 0.15) is 11.6 Å². The van der Waals surface area contributed by atoms with E-state index in [2.05, 4.69) is 31.0 Å². The minimum absolute atomic E-state index is 0.108. The summed E-state index contributed by atoms with van der Waals surface area (Å²) in [7, 11) is 1.59. The SMILES string of the molecule is COc1ccccc1/C=N/Nc1nnc(SCC(=O)Nc2ccccn2)n1N. The molecule has 0 atom stereocenters. The average molecular weight is 398 g/mol. The lowest BCUT2D eigenvalue weighted by Gasteiger charge is -2.05. The summed E-state index contributed by atoms with van der Waals surface area (Å²) in [5.41, 5.74) is 3.51. The van der Waals surface area contributed by atoms with Gasteiger partial charge in [-0.25, -0.2) is 15.1 Å². The minimum Gasteiger partial charge on any atom is -0.496 e. The Hall–Kier alpha value is -3.60. The Balaban J connectivity index is 1.55. The number of hydrogen-bond donors (Lipinski definition) is 3. The molecule has 0 bridgehead atoms. The predicted octanol–water partition coefficient (Wildman–Crippen LogP) is 1.57. The second-order valence-corrected chi connectivity index (χ2v) is 6.28. The van der Waals surface area contributed by atoms with E-state index in [0.717, 1.165) is 17.3 Å². The van der Waals surface area contributed by atoms with Crippen LogP contribution in [0.4, 0.5) is 11.8 Å². The van der Waals surface area contributed by atoms with Crippen LogP contribution in [0.1, 0.15) is 5.56 Å². The molecule has 0 radical (unpaired) electrons. The van der Waals surface area contributed by atoms with Gasteiger partial charge in [0, 0.05) is 11.8 Å². The maximum Gasteiger partial charge on any atom is 0.264 e. The molecule has 11 heteroatoms. The number of ether oxygens (including phenoxy) is 1. The van der Waals surface area contributed by atoms with E-state index < -0.39 is 0 Å². The molecule has 0 saturated heterocycles. The number of amides is 1. The molecule has 3 aromatic rings. The average Bonchev–Trinajstić information content (AvgIpc) is 3.07. The molecule has 0 aliphatic rings. The fourth-order valence-corrected chi connectivity index (χ4v) is 2.79. The number of rotatable bonds is 8. The standard InChI is InChI=1S/C17H18N8O2S/c1-27-13-7-3-2-6-12(13)10-20-22-16-23-24-17(25(16)18)28-11-15(26)21-14-8-4-5-9-19-14/h2-10H,11,18H2,1H3,(H,22,23)(H,19,21,26)/b20-10+. The largest absolute Gasteiger partial charge is 0.496 e. The number of carbonyl (C=O) groups is 1. The Labute approximate surface area is 165 Å². The summed E-state index contributed by atoms with van der Waals surface area (Å²) >= 11 is 1.14. The van der Waals surface area contributed by atoms with Crippen molar-refractivity contribution in [2.75, 3.05) is 29.4 Å². The number of para-hydroxylation sites is 1. The summed E-state index contributed by atoms with van der Waals surface area (Å²) in [6, 6.07) is 12.7. The van der Waals surface area contributed by atoms with Crippen molar-refractivity contribution < 1.29 is 9.53 Å². The Morgan fingerprint density at radius 1 is 1.29 bits per heavy atom. The number of aromatic nitrogens is 4. The fraction of sp³-hybridized carbons (Fsp3) is 0.118. The number of thioether (sulfide) groups is 1. The molecular weight excluding hydrogens is 380 g/mol. The number of carbonyl (C=O) groups excluding carboxylic acids is 1. The lowest BCUT2D eigenvalue weighted by Crippen LogP contribution is -2.17. The third kappa shape index (κ3) is 4.98. The number of nitrogens with two attached hydrogens (primary N) is 1. The normalized spacial score (nSPS) is 10.8. The molecule has 2 heterocycles. The maximum absolute atomic E-state index is 12.0. The third-order valence-corrected chi connectivity index (χ3v) is 4.38. The van der Waals surface area contributed by atoms with Crippen LogP contribution in [-0.2, 0) is 4.79 Å². The number of nitrogens with zero attached hydrogens (tertiary/aromatic N) is 5. The molecule has 3 rings (SSSR count). The lowest BCUT2D eigenvalue weighted by atomic mass is 10.2. The highest BCUT2D eigenvalue weighted by Gasteiger charge is 2.12. The summed E-state index contributed by atoms with van der Waals surface area (Å²) in [6.45, 7) is 0. The summed E-state index contributed by atoms with van der Waals surface area (Å²) < 4.78 is 6.47. The monoisotopic (exact) mass is 398 g/mol. The zero-order chi connectivity index (χ0) is 19.8. The first kappa shape index (κ1) is 19.2. The Morgan fingerprint density at radius 3 is 2.89 bits per heavy atom. The molecule has 1 amide bonds. The Morgan fingerprint density at radius 2 is 2.11 bits per heavy atom. The van der Waals surface area contributed by atoms with Crippen molar-refractivity contribution in [2.45, 2.75) is 5.16 Å². The van der Waals surface area contributed by atoms with Crippen molar-refractivity contribution in [1.29, 1.82) is 0 Å². The van der Waals surface area contributed by atoms with E-state index in [-0.39, 0.29) is 17.6 Å². The van der Waals surface area contributed by atoms with E-state index in [9.17, 15) is 4.79 Å². The number of nitrogens with one attached hydrogen (secondary N) is 2. The number of hydrazone groups is 1. The molecule has 2 aromatic heterocycles. The van der Waals surface area contributed by atoms with Gasteiger partial charge in [-0.2, -0.15) is 5.10 Å². The van der Waals surface area contributed by atoms with Crippen LogP contribution >= 0.6 is 11.8 Å². The molecule has 0 aliphatic heterocycles. The molecular formula is C17H18N8O2S. The van der Waals surface area contributed by atoms with E-state index in [1.54, 1.807) is 37.7 Å². The molecule has 4 N–H and O–H groups in total. The van der Waals surface area contributed by atoms with E-state index in [1.165, 1.54) is 4.68 Å². The molecule has 0 fully saturated rings. The zero-order valence-corrected chi connectivity index (χ0v) is 15.8. The summed E-state index contributed by atoms with van der Waals surface area (Å²) in [5.74, 6) is 7.23. The molecule has 144 valence electrons. The van der Waals surface area contributed by atoms with Crippen LogP contribution in [0.25, 0.3) is 0 Å². The van der Waals surface area contributed by atoms with Crippen LogP contribution in [0.5, 0.6) is 5.75 Å². The van der Waals surface area contributed by atoms with Crippen LogP contribution in [-0.4, -0.2) is 44.8 Å². The van der Waals surface area contributed by atoms with Gasteiger partial charge in [0.15, 0.2) is 0 Å². The van der Waals surface area contributed by atoms with Gasteiger partial charge in [0.05, 0.1) is 19.1 Å². The number of benzene rings is 1. The van der Waals surface area contributed by atoms with E-state index in [4.69, 9.17) is 10.6 Å². The van der Waals surface area contributed by atoms with Gasteiger partial charge in [-0.1, -0.05) is 30.0 Å². The van der Waals surface area contributed by atoms with Gasteiger partial charge in [-0.3, -0.25) is 4.79 Å². The van der Waals surface area contributed by atoms with Gasteiger partial charge in [0.2, 0.25) is 11.1 Å². The van der Waals surface area contributed by atoms with Crippen molar-refractivity contribution in [3.05, 3.63) is 54.2 Å². The molecule has 0 spiro atoms. The van der Waals surface area contributed by atoms with E-state index in [0.29, 0.717) is 16.7 Å². The van der Waals surface area contributed by atoms with Crippen molar-refractivity contribution >= 4 is 35.6 Å². The van der Waals surface area contributed by atoms with Gasteiger partial charge in [-0.15, -0.1) is 10.2 Å². The third-order valence-electron chi connectivity index (χ3n) is 3.44. The summed E-state index contributed by atoms with van der Waals surface area (Å²) in [6.07, 6.45) is 3.18. The van der Waals surface area contributed by atoms with Crippen LogP contribution in [0.3, 0.4) is 0 Å². The van der Waals surface area contributed by atoms with Crippen molar-refractivity contribution in [3.63, 3.8) is 0 Å².